The van der Waals surface area contributed by atoms with E-state index in [2.05, 4.69) is 42.7 Å². The molecule has 1 aromatic carbocycles. The highest BCUT2D eigenvalue weighted by molar-refractivity contribution is 6.83. The van der Waals surface area contributed by atoms with Crippen molar-refractivity contribution in [2.24, 2.45) is 0 Å². The van der Waals surface area contributed by atoms with Gasteiger partial charge in [-0.25, -0.2) is 4.98 Å². The Morgan fingerprint density at radius 1 is 1.33 bits per heavy atom. The lowest BCUT2D eigenvalue weighted by Crippen LogP contribution is -2.16. The lowest BCUT2D eigenvalue weighted by atomic mass is 10.0. The fraction of sp³-hybridized carbons (Fsp3) is 0.278. The van der Waals surface area contributed by atoms with E-state index in [0.29, 0.717) is 12.1 Å². The van der Waals surface area contributed by atoms with Crippen LogP contribution in [-0.4, -0.2) is 18.2 Å². The van der Waals surface area contributed by atoms with Gasteiger partial charge in [-0.2, -0.15) is 0 Å². The molecule has 1 atom stereocenters. The molecule has 21 heavy (non-hydrogen) atoms. The summed E-state index contributed by atoms with van der Waals surface area (Å²) in [5.41, 5.74) is 5.72. The molecule has 0 bridgehead atoms. The molecular weight excluding hydrogens is 274 g/mol. The Morgan fingerprint density at radius 3 is 2.71 bits per heavy atom. The zero-order valence-electron chi connectivity index (χ0n) is 12.9. The third-order valence-corrected chi connectivity index (χ3v) is 3.93. The highest BCUT2D eigenvalue weighted by Crippen LogP contribution is 2.24. The van der Waals surface area contributed by atoms with E-state index >= 15 is 0 Å². The third kappa shape index (κ3) is 4.04. The summed E-state index contributed by atoms with van der Waals surface area (Å²) < 4.78 is 0. The zero-order valence-corrected chi connectivity index (χ0v) is 13.9. The molecule has 0 aliphatic heterocycles. The Kier molecular flexibility index (Phi) is 4.61. The molecule has 3 heteroatoms. The van der Waals surface area contributed by atoms with Crippen molar-refractivity contribution in [2.75, 3.05) is 0 Å². The highest BCUT2D eigenvalue weighted by Gasteiger charge is 2.14. The van der Waals surface area contributed by atoms with E-state index in [0.717, 1.165) is 16.5 Å². The molecule has 1 N–H and O–H groups in total. The van der Waals surface area contributed by atoms with Crippen LogP contribution in [0.25, 0.3) is 10.9 Å². The smallest absolute Gasteiger partial charge is 0.129 e. The maximum Gasteiger partial charge on any atom is 0.129 e. The first kappa shape index (κ1) is 15.5. The van der Waals surface area contributed by atoms with Crippen molar-refractivity contribution in [3.05, 3.63) is 54.2 Å². The molecule has 0 fully saturated rings. The number of rotatable bonds is 3. The third-order valence-electron chi connectivity index (χ3n) is 3.06. The minimum absolute atomic E-state index is 0.502. The number of hydrogen-bond donors (Lipinski definition) is 1. The van der Waals surface area contributed by atoms with Crippen LogP contribution in [0.2, 0.25) is 19.6 Å². The van der Waals surface area contributed by atoms with E-state index in [1.54, 1.807) is 6.08 Å². The predicted molar refractivity (Wildman–Crippen MR) is 91.7 cm³/mol. The van der Waals surface area contributed by atoms with Gasteiger partial charge in [0.2, 0.25) is 0 Å². The van der Waals surface area contributed by atoms with Gasteiger partial charge in [0, 0.05) is 10.9 Å². The molecule has 1 aromatic heterocycles. The summed E-state index contributed by atoms with van der Waals surface area (Å²) >= 11 is 0. The van der Waals surface area contributed by atoms with Crippen LogP contribution in [0.1, 0.15) is 23.8 Å². The standard InChI is InChI=1S/C18H21NOSi/c1-5-8-18(20)15-13-14-9-6-7-10-16(14)19-17(15)11-12-21(2,3)4/h5-7,9-10,13,18,20H,1,8H2,2-4H3. The molecule has 0 aliphatic rings. The molecule has 1 heterocycles. The Balaban J connectivity index is 2.60. The van der Waals surface area contributed by atoms with Crippen LogP contribution in [0.4, 0.5) is 0 Å². The van der Waals surface area contributed by atoms with Crippen molar-refractivity contribution in [1.29, 1.82) is 0 Å². The van der Waals surface area contributed by atoms with E-state index in [1.807, 2.05) is 30.3 Å². The van der Waals surface area contributed by atoms with E-state index in [1.165, 1.54) is 0 Å². The van der Waals surface area contributed by atoms with Crippen LogP contribution in [-0.2, 0) is 0 Å². The number of aromatic nitrogens is 1. The molecule has 0 saturated heterocycles. The second-order valence-electron chi connectivity index (χ2n) is 6.16. The topological polar surface area (TPSA) is 33.1 Å². The maximum absolute atomic E-state index is 10.3. The van der Waals surface area contributed by atoms with Crippen molar-refractivity contribution >= 4 is 19.0 Å². The average Bonchev–Trinajstić information content (AvgIpc) is 2.43. The Bertz CT molecular complexity index is 719. The first-order valence-corrected chi connectivity index (χ1v) is 10.6. The molecule has 0 aliphatic carbocycles. The number of pyridine rings is 1. The summed E-state index contributed by atoms with van der Waals surface area (Å²) in [5.74, 6) is 3.19. The molecule has 2 nitrogen and oxygen atoms in total. The van der Waals surface area contributed by atoms with Gasteiger partial charge in [-0.1, -0.05) is 49.8 Å². The summed E-state index contributed by atoms with van der Waals surface area (Å²) in [6.45, 7) is 10.3. The molecule has 0 radical (unpaired) electrons. The quantitative estimate of drug-likeness (QED) is 0.526. The fourth-order valence-electron chi connectivity index (χ4n) is 2.02. The first-order valence-electron chi connectivity index (χ1n) is 7.12. The maximum atomic E-state index is 10.3. The predicted octanol–water partition coefficient (Wildman–Crippen LogP) is 4.07. The lowest BCUT2D eigenvalue weighted by Gasteiger charge is -2.12. The minimum atomic E-state index is -1.49. The summed E-state index contributed by atoms with van der Waals surface area (Å²) in [6.07, 6.45) is 1.61. The largest absolute Gasteiger partial charge is 0.388 e. The number of para-hydroxylation sites is 1. The van der Waals surface area contributed by atoms with Crippen LogP contribution in [0.5, 0.6) is 0 Å². The summed E-state index contributed by atoms with van der Waals surface area (Å²) in [5, 5.41) is 11.3. The van der Waals surface area contributed by atoms with Gasteiger partial charge in [-0.05, 0) is 18.6 Å². The number of hydrogen-bond acceptors (Lipinski definition) is 2. The van der Waals surface area contributed by atoms with Crippen LogP contribution < -0.4 is 0 Å². The van der Waals surface area contributed by atoms with Gasteiger partial charge in [0.05, 0.1) is 11.6 Å². The van der Waals surface area contributed by atoms with Gasteiger partial charge in [0.1, 0.15) is 13.8 Å². The van der Waals surface area contributed by atoms with E-state index in [-0.39, 0.29) is 0 Å². The Morgan fingerprint density at radius 2 is 2.05 bits per heavy atom. The Labute approximate surface area is 127 Å². The highest BCUT2D eigenvalue weighted by atomic mass is 28.3. The molecule has 108 valence electrons. The summed E-state index contributed by atoms with van der Waals surface area (Å²) in [4.78, 5) is 4.64. The van der Waals surface area contributed by atoms with Gasteiger partial charge in [-0.3, -0.25) is 0 Å². The molecule has 1 unspecified atom stereocenters. The SMILES string of the molecule is C=CCC(O)c1cc2ccccc2nc1C#C[Si](C)(C)C. The van der Waals surface area contributed by atoms with Gasteiger partial charge < -0.3 is 5.11 Å². The molecule has 2 rings (SSSR count). The van der Waals surface area contributed by atoms with E-state index < -0.39 is 14.2 Å². The van der Waals surface area contributed by atoms with E-state index in [9.17, 15) is 5.11 Å². The zero-order chi connectivity index (χ0) is 15.5. The van der Waals surface area contributed by atoms with Crippen molar-refractivity contribution in [1.82, 2.24) is 4.98 Å². The van der Waals surface area contributed by atoms with Gasteiger partial charge in [0.25, 0.3) is 0 Å². The number of aliphatic hydroxyl groups excluding tert-OH is 1. The minimum Gasteiger partial charge on any atom is -0.388 e. The van der Waals surface area contributed by atoms with Crippen molar-refractivity contribution in [3.63, 3.8) is 0 Å². The molecule has 2 aromatic rings. The summed E-state index contributed by atoms with van der Waals surface area (Å²) in [6, 6.07) is 9.90. The lowest BCUT2D eigenvalue weighted by molar-refractivity contribution is 0.181. The number of nitrogens with zero attached hydrogens (tertiary/aromatic N) is 1. The van der Waals surface area contributed by atoms with Crippen LogP contribution >= 0.6 is 0 Å². The average molecular weight is 295 g/mol. The molecular formula is C18H21NOSi. The van der Waals surface area contributed by atoms with Crippen molar-refractivity contribution < 1.29 is 5.11 Å². The second kappa shape index (κ2) is 6.25. The number of aliphatic hydroxyl groups is 1. The van der Waals surface area contributed by atoms with Gasteiger partial charge in [0.15, 0.2) is 0 Å². The van der Waals surface area contributed by atoms with Crippen molar-refractivity contribution in [2.45, 2.75) is 32.2 Å². The molecule has 0 spiro atoms. The van der Waals surface area contributed by atoms with E-state index in [4.69, 9.17) is 0 Å². The van der Waals surface area contributed by atoms with Gasteiger partial charge >= 0.3 is 0 Å². The monoisotopic (exact) mass is 295 g/mol. The van der Waals surface area contributed by atoms with Crippen LogP contribution in [0.3, 0.4) is 0 Å². The van der Waals surface area contributed by atoms with Crippen LogP contribution in [0, 0.1) is 11.5 Å². The normalized spacial score (nSPS) is 12.6. The molecule has 0 amide bonds. The van der Waals surface area contributed by atoms with Gasteiger partial charge in [-0.15, -0.1) is 12.1 Å². The van der Waals surface area contributed by atoms with Crippen LogP contribution in [0.15, 0.2) is 43.0 Å². The Hall–Kier alpha value is -1.89. The number of fused-ring (bicyclic) bond motifs is 1. The fourth-order valence-corrected chi connectivity index (χ4v) is 2.51. The summed E-state index contributed by atoms with van der Waals surface area (Å²) in [7, 11) is -1.49. The first-order chi connectivity index (χ1) is 9.90. The van der Waals surface area contributed by atoms with Crippen molar-refractivity contribution in [3.8, 4) is 11.5 Å². The second-order valence-corrected chi connectivity index (χ2v) is 10.9. The number of benzene rings is 1. The molecule has 0 saturated carbocycles.